The fourth-order valence-electron chi connectivity index (χ4n) is 0.451. The average molecular weight is 208 g/mol. The summed E-state index contributed by atoms with van der Waals surface area (Å²) in [6, 6.07) is -0.729. The molecule has 0 radical (unpaired) electrons. The van der Waals surface area contributed by atoms with Crippen LogP contribution in [0.5, 0.6) is 0 Å². The number of nitrogens with one attached hydrogen (secondary N) is 1. The fraction of sp³-hybridized carbons (Fsp3) is 0. The van der Waals surface area contributed by atoms with Crippen molar-refractivity contribution >= 4 is 24.4 Å². The van der Waals surface area contributed by atoms with E-state index in [4.69, 9.17) is 11.5 Å². The standard InChI is InChI=1S/C8H12N6O/c1-3-4-5-12-6(9)7(10)13-14-8(15)11-2/h3-5H,1-2H2,(H2,9,12)(H2,10,13)(H,14,15)/b5-4-. The van der Waals surface area contributed by atoms with Crippen molar-refractivity contribution in [3.05, 3.63) is 24.9 Å². The maximum Gasteiger partial charge on any atom is 0.360 e. The molecule has 0 atom stereocenters. The van der Waals surface area contributed by atoms with E-state index in [-0.39, 0.29) is 11.7 Å². The zero-order valence-corrected chi connectivity index (χ0v) is 8.05. The molecule has 0 aromatic carbocycles. The molecule has 5 N–H and O–H groups in total. The number of hydrazone groups is 1. The van der Waals surface area contributed by atoms with Gasteiger partial charge in [0.1, 0.15) is 0 Å². The molecule has 7 nitrogen and oxygen atoms in total. The third-order valence-corrected chi connectivity index (χ3v) is 1.11. The van der Waals surface area contributed by atoms with Gasteiger partial charge in [-0.05, 0) is 12.8 Å². The summed E-state index contributed by atoms with van der Waals surface area (Å²) in [6.45, 7) is 6.43. The number of aliphatic imine (C=N–C) groups is 2. The van der Waals surface area contributed by atoms with E-state index >= 15 is 0 Å². The van der Waals surface area contributed by atoms with Gasteiger partial charge in [-0.1, -0.05) is 12.7 Å². The summed E-state index contributed by atoms with van der Waals surface area (Å²) >= 11 is 0. The van der Waals surface area contributed by atoms with Gasteiger partial charge in [0.25, 0.3) is 0 Å². The molecule has 80 valence electrons. The Hall–Kier alpha value is -2.44. The summed E-state index contributed by atoms with van der Waals surface area (Å²) < 4.78 is 0. The molecule has 0 aromatic rings. The second-order valence-electron chi connectivity index (χ2n) is 2.16. The first-order chi connectivity index (χ1) is 7.11. The van der Waals surface area contributed by atoms with Crippen molar-refractivity contribution in [2.45, 2.75) is 0 Å². The Kier molecular flexibility index (Phi) is 5.87. The van der Waals surface area contributed by atoms with E-state index in [9.17, 15) is 4.79 Å². The van der Waals surface area contributed by atoms with Crippen molar-refractivity contribution < 1.29 is 4.79 Å². The fourth-order valence-corrected chi connectivity index (χ4v) is 0.451. The Morgan fingerprint density at radius 2 is 2.00 bits per heavy atom. The summed E-state index contributed by atoms with van der Waals surface area (Å²) in [5, 5.41) is 3.42. The van der Waals surface area contributed by atoms with Crippen LogP contribution in [-0.4, -0.2) is 24.4 Å². The molecule has 0 fully saturated rings. The third-order valence-electron chi connectivity index (χ3n) is 1.11. The number of nitrogens with zero attached hydrogens (tertiary/aromatic N) is 3. The first-order valence-electron chi connectivity index (χ1n) is 3.83. The molecular weight excluding hydrogens is 196 g/mol. The molecule has 0 spiro atoms. The highest BCUT2D eigenvalue weighted by Gasteiger charge is 1.98. The predicted octanol–water partition coefficient (Wildman–Crippen LogP) is -0.274. The minimum absolute atomic E-state index is 0.0301. The molecule has 0 aliphatic carbocycles. The molecule has 0 aliphatic heterocycles. The smallest absolute Gasteiger partial charge is 0.360 e. The predicted molar refractivity (Wildman–Crippen MR) is 60.7 cm³/mol. The largest absolute Gasteiger partial charge is 0.381 e. The van der Waals surface area contributed by atoms with Crippen LogP contribution < -0.4 is 16.9 Å². The van der Waals surface area contributed by atoms with E-state index in [0.29, 0.717) is 0 Å². The molecule has 2 amide bonds. The molecule has 0 saturated carbocycles. The van der Waals surface area contributed by atoms with Gasteiger partial charge in [-0.15, -0.1) is 5.10 Å². The number of carbonyl (C=O) groups is 1. The summed E-state index contributed by atoms with van der Waals surface area (Å²) in [5.74, 6) is -0.154. The Balaban J connectivity index is 4.41. The number of amidine groups is 2. The van der Waals surface area contributed by atoms with Crippen LogP contribution in [-0.2, 0) is 0 Å². The number of carbonyl (C=O) groups excluding carboxylic acids is 1. The van der Waals surface area contributed by atoms with Gasteiger partial charge in [0.05, 0.1) is 0 Å². The molecule has 15 heavy (non-hydrogen) atoms. The highest BCUT2D eigenvalue weighted by molar-refractivity contribution is 6.39. The van der Waals surface area contributed by atoms with Gasteiger partial charge in [-0.3, -0.25) is 0 Å². The quantitative estimate of drug-likeness (QED) is 0.256. The van der Waals surface area contributed by atoms with Crippen molar-refractivity contribution in [1.82, 2.24) is 5.43 Å². The van der Waals surface area contributed by atoms with Crippen LogP contribution >= 0.6 is 0 Å². The van der Waals surface area contributed by atoms with Crippen LogP contribution in [0.3, 0.4) is 0 Å². The van der Waals surface area contributed by atoms with Gasteiger partial charge in [0.2, 0.25) is 0 Å². The number of rotatable bonds is 3. The van der Waals surface area contributed by atoms with Gasteiger partial charge in [-0.2, -0.15) is 0 Å². The van der Waals surface area contributed by atoms with Crippen molar-refractivity contribution in [1.29, 1.82) is 0 Å². The summed E-state index contributed by atoms with van der Waals surface area (Å²) in [5.41, 5.74) is 12.8. The molecular formula is C8H12N6O. The number of hydrogen-bond acceptors (Lipinski definition) is 3. The van der Waals surface area contributed by atoms with Crippen molar-refractivity contribution in [2.24, 2.45) is 26.6 Å². The molecule has 0 bridgehead atoms. The van der Waals surface area contributed by atoms with E-state index < -0.39 is 6.03 Å². The lowest BCUT2D eigenvalue weighted by molar-refractivity contribution is 0.250. The second-order valence-corrected chi connectivity index (χ2v) is 2.16. The van der Waals surface area contributed by atoms with Crippen LogP contribution in [0.2, 0.25) is 0 Å². The number of amides is 2. The van der Waals surface area contributed by atoms with Crippen molar-refractivity contribution in [2.75, 3.05) is 0 Å². The second kappa shape index (κ2) is 7.01. The lowest BCUT2D eigenvalue weighted by atomic mass is 10.5. The third kappa shape index (κ3) is 5.75. The minimum Gasteiger partial charge on any atom is -0.381 e. The first-order valence-corrected chi connectivity index (χ1v) is 3.83. The van der Waals surface area contributed by atoms with Crippen LogP contribution in [0, 0.1) is 0 Å². The zero-order chi connectivity index (χ0) is 11.7. The van der Waals surface area contributed by atoms with Gasteiger partial charge >= 0.3 is 6.03 Å². The number of urea groups is 1. The van der Waals surface area contributed by atoms with E-state index in [1.54, 1.807) is 6.08 Å². The molecule has 7 heteroatoms. The molecule has 0 rings (SSSR count). The van der Waals surface area contributed by atoms with Gasteiger partial charge in [0, 0.05) is 6.20 Å². The van der Waals surface area contributed by atoms with Crippen LogP contribution in [0.15, 0.2) is 40.0 Å². The Morgan fingerprint density at radius 1 is 1.33 bits per heavy atom. The number of hydrogen-bond donors (Lipinski definition) is 3. The summed E-state index contributed by atoms with van der Waals surface area (Å²) in [4.78, 5) is 17.3. The van der Waals surface area contributed by atoms with Gasteiger partial charge < -0.3 is 11.5 Å². The lowest BCUT2D eigenvalue weighted by Crippen LogP contribution is -2.33. The van der Waals surface area contributed by atoms with E-state index in [2.05, 4.69) is 28.4 Å². The van der Waals surface area contributed by atoms with Gasteiger partial charge in [0.15, 0.2) is 11.7 Å². The molecule has 0 heterocycles. The lowest BCUT2D eigenvalue weighted by Gasteiger charge is -1.97. The minimum atomic E-state index is -0.729. The maximum absolute atomic E-state index is 10.6. The summed E-state index contributed by atoms with van der Waals surface area (Å²) in [7, 11) is 0. The maximum atomic E-state index is 10.6. The van der Waals surface area contributed by atoms with E-state index in [0.717, 1.165) is 0 Å². The molecule has 0 unspecified atom stereocenters. The molecule has 0 aromatic heterocycles. The average Bonchev–Trinajstić information content (AvgIpc) is 2.25. The van der Waals surface area contributed by atoms with Crippen molar-refractivity contribution in [3.63, 3.8) is 0 Å². The number of nitrogens with two attached hydrogens (primary N) is 2. The monoisotopic (exact) mass is 208 g/mol. The first kappa shape index (κ1) is 12.6. The SMILES string of the molecule is C=C\C=C/N=C(N)\C(N)=N\NC(=O)N=C. The Labute approximate surface area is 87.0 Å². The van der Waals surface area contributed by atoms with Crippen LogP contribution in [0.4, 0.5) is 4.79 Å². The van der Waals surface area contributed by atoms with Crippen LogP contribution in [0.1, 0.15) is 0 Å². The molecule has 0 aliphatic rings. The number of allylic oxidation sites excluding steroid dienone is 2. The molecule has 0 saturated heterocycles. The van der Waals surface area contributed by atoms with Crippen LogP contribution in [0.25, 0.3) is 0 Å². The topological polar surface area (TPSA) is 118 Å². The zero-order valence-electron chi connectivity index (χ0n) is 8.05. The normalized spacial score (nSPS) is 12.5. The van der Waals surface area contributed by atoms with E-state index in [1.165, 1.54) is 12.3 Å². The van der Waals surface area contributed by atoms with Gasteiger partial charge in [-0.25, -0.2) is 20.2 Å². The summed E-state index contributed by atoms with van der Waals surface area (Å²) in [6.07, 6.45) is 4.47. The van der Waals surface area contributed by atoms with E-state index in [1.807, 2.05) is 5.43 Å². The highest BCUT2D eigenvalue weighted by atomic mass is 16.2. The Morgan fingerprint density at radius 3 is 2.53 bits per heavy atom. The Bertz CT molecular complexity index is 341. The van der Waals surface area contributed by atoms with Crippen molar-refractivity contribution in [3.8, 4) is 0 Å². The highest BCUT2D eigenvalue weighted by Crippen LogP contribution is 1.78.